The molecule has 1 aromatic carbocycles. The second kappa shape index (κ2) is 4.09. The minimum Gasteiger partial charge on any atom is -0.326 e. The van der Waals surface area contributed by atoms with Crippen molar-refractivity contribution < 1.29 is 4.79 Å². The number of amides is 1. The van der Waals surface area contributed by atoms with Gasteiger partial charge in [-0.25, -0.2) is 0 Å². The molecule has 0 heterocycles. The van der Waals surface area contributed by atoms with E-state index in [2.05, 4.69) is 24.4 Å². The maximum absolute atomic E-state index is 12.4. The van der Waals surface area contributed by atoms with Gasteiger partial charge in [0.2, 0.25) is 5.91 Å². The molecule has 3 saturated carbocycles. The van der Waals surface area contributed by atoms with E-state index in [1.54, 1.807) is 0 Å². The Morgan fingerprint density at radius 1 is 1.16 bits per heavy atom. The van der Waals surface area contributed by atoms with Gasteiger partial charge in [-0.05, 0) is 67.1 Å². The first-order chi connectivity index (χ1) is 9.28. The van der Waals surface area contributed by atoms with Gasteiger partial charge in [0.25, 0.3) is 0 Å². The molecular formula is C17H21NO. The summed E-state index contributed by atoms with van der Waals surface area (Å²) < 4.78 is 0. The first-order valence-corrected chi connectivity index (χ1v) is 7.67. The molecule has 0 aromatic heterocycles. The minimum atomic E-state index is 0.274. The summed E-state index contributed by atoms with van der Waals surface area (Å²) in [5, 5.41) is 3.11. The summed E-state index contributed by atoms with van der Waals surface area (Å²) >= 11 is 0. The van der Waals surface area contributed by atoms with E-state index in [0.717, 1.165) is 35.8 Å². The number of anilines is 1. The Morgan fingerprint density at radius 2 is 1.79 bits per heavy atom. The lowest BCUT2D eigenvalue weighted by Gasteiger charge is -2.10. The summed E-state index contributed by atoms with van der Waals surface area (Å²) in [7, 11) is 0. The molecule has 1 aromatic rings. The summed E-state index contributed by atoms with van der Waals surface area (Å²) in [6.45, 7) is 2.15. The summed E-state index contributed by atoms with van der Waals surface area (Å²) in [6.07, 6.45) is 5.20. The number of aryl methyl sites for hydroxylation is 1. The van der Waals surface area contributed by atoms with Gasteiger partial charge in [0, 0.05) is 11.6 Å². The molecular weight excluding hydrogens is 234 g/mol. The fourth-order valence-corrected chi connectivity index (χ4v) is 4.72. The van der Waals surface area contributed by atoms with Crippen LogP contribution in [0.1, 0.15) is 31.7 Å². The van der Waals surface area contributed by atoms with Crippen molar-refractivity contribution >= 4 is 11.6 Å². The van der Waals surface area contributed by atoms with Crippen molar-refractivity contribution in [1.82, 2.24) is 0 Å². The van der Waals surface area contributed by atoms with Gasteiger partial charge >= 0.3 is 0 Å². The topological polar surface area (TPSA) is 29.1 Å². The van der Waals surface area contributed by atoms with Crippen molar-refractivity contribution in [2.75, 3.05) is 5.32 Å². The normalized spacial score (nSPS) is 38.1. The fourth-order valence-electron chi connectivity index (χ4n) is 4.72. The zero-order valence-corrected chi connectivity index (χ0v) is 11.4. The Bertz CT molecular complexity index is 490. The van der Waals surface area contributed by atoms with E-state index >= 15 is 0 Å². The molecule has 3 aliphatic carbocycles. The number of nitrogens with one attached hydrogen (secondary N) is 1. The predicted octanol–water partition coefficient (Wildman–Crippen LogP) is 3.48. The van der Waals surface area contributed by atoms with Gasteiger partial charge in [0.15, 0.2) is 0 Å². The van der Waals surface area contributed by atoms with Crippen molar-refractivity contribution in [2.24, 2.45) is 29.6 Å². The van der Waals surface area contributed by atoms with E-state index in [1.807, 2.05) is 12.1 Å². The molecule has 3 aliphatic rings. The second-order valence-corrected chi connectivity index (χ2v) is 6.55. The lowest BCUT2D eigenvalue weighted by atomic mass is 10.0. The monoisotopic (exact) mass is 255 g/mol. The third-order valence-electron chi connectivity index (χ3n) is 5.67. The molecule has 4 rings (SSSR count). The van der Waals surface area contributed by atoms with E-state index < -0.39 is 0 Å². The summed E-state index contributed by atoms with van der Waals surface area (Å²) in [5.41, 5.74) is 2.28. The lowest BCUT2D eigenvalue weighted by molar-refractivity contribution is -0.118. The molecule has 2 bridgehead atoms. The molecule has 100 valence electrons. The van der Waals surface area contributed by atoms with Crippen LogP contribution in [0.15, 0.2) is 24.3 Å². The molecule has 0 saturated heterocycles. The average molecular weight is 255 g/mol. The molecule has 1 N–H and O–H groups in total. The van der Waals surface area contributed by atoms with E-state index in [-0.39, 0.29) is 5.91 Å². The van der Waals surface area contributed by atoms with Crippen LogP contribution in [0.25, 0.3) is 0 Å². The molecule has 4 atom stereocenters. The maximum atomic E-state index is 12.4. The zero-order chi connectivity index (χ0) is 13.0. The molecule has 19 heavy (non-hydrogen) atoms. The Kier molecular flexibility index (Phi) is 2.48. The van der Waals surface area contributed by atoms with Crippen LogP contribution in [0.2, 0.25) is 0 Å². The third kappa shape index (κ3) is 1.73. The van der Waals surface area contributed by atoms with Crippen LogP contribution in [0.5, 0.6) is 0 Å². The smallest absolute Gasteiger partial charge is 0.228 e. The van der Waals surface area contributed by atoms with Crippen LogP contribution in [-0.4, -0.2) is 5.91 Å². The fraction of sp³-hybridized carbons (Fsp3) is 0.588. The van der Waals surface area contributed by atoms with Crippen molar-refractivity contribution in [3.8, 4) is 0 Å². The molecule has 0 aliphatic heterocycles. The van der Waals surface area contributed by atoms with Gasteiger partial charge in [0.05, 0.1) is 0 Å². The number of hydrogen-bond acceptors (Lipinski definition) is 1. The highest BCUT2D eigenvalue weighted by atomic mass is 16.2. The Hall–Kier alpha value is -1.31. The predicted molar refractivity (Wildman–Crippen MR) is 75.8 cm³/mol. The van der Waals surface area contributed by atoms with E-state index in [9.17, 15) is 4.79 Å². The lowest BCUT2D eigenvalue weighted by Crippen LogP contribution is -2.18. The standard InChI is InChI=1S/C17H21NO/c1-2-10-3-7-13(8-4-10)18-17(19)16-14-11-5-6-12(9-11)15(14)16/h3-4,7-8,11-12,14-16H,2,5-6,9H2,1H3,(H,18,19). The number of carbonyl (C=O) groups excluding carboxylic acids is 1. The average Bonchev–Trinajstić information content (AvgIpc) is 2.89. The van der Waals surface area contributed by atoms with Crippen molar-refractivity contribution in [3.63, 3.8) is 0 Å². The number of hydrogen-bond donors (Lipinski definition) is 1. The molecule has 1 amide bonds. The molecule has 2 nitrogen and oxygen atoms in total. The second-order valence-electron chi connectivity index (χ2n) is 6.55. The van der Waals surface area contributed by atoms with Crippen LogP contribution in [-0.2, 0) is 11.2 Å². The molecule has 4 unspecified atom stereocenters. The Morgan fingerprint density at radius 3 is 2.37 bits per heavy atom. The summed E-state index contributed by atoms with van der Waals surface area (Å²) in [6, 6.07) is 8.27. The Balaban J connectivity index is 1.42. The molecule has 0 radical (unpaired) electrons. The van der Waals surface area contributed by atoms with Gasteiger partial charge < -0.3 is 5.32 Å². The third-order valence-corrected chi connectivity index (χ3v) is 5.67. The SMILES string of the molecule is CCc1ccc(NC(=O)C2C3C4CCC(C4)C23)cc1. The largest absolute Gasteiger partial charge is 0.326 e. The highest BCUT2D eigenvalue weighted by molar-refractivity contribution is 5.95. The van der Waals surface area contributed by atoms with Crippen LogP contribution in [0.3, 0.4) is 0 Å². The van der Waals surface area contributed by atoms with Crippen LogP contribution in [0, 0.1) is 29.6 Å². The number of fused-ring (bicyclic) bond motifs is 5. The highest BCUT2D eigenvalue weighted by Gasteiger charge is 2.67. The van der Waals surface area contributed by atoms with Crippen LogP contribution >= 0.6 is 0 Å². The van der Waals surface area contributed by atoms with E-state index in [0.29, 0.717) is 5.92 Å². The van der Waals surface area contributed by atoms with Crippen LogP contribution < -0.4 is 5.32 Å². The Labute approximate surface area is 114 Å². The number of carbonyl (C=O) groups is 1. The zero-order valence-electron chi connectivity index (χ0n) is 11.4. The number of benzene rings is 1. The van der Waals surface area contributed by atoms with E-state index in [1.165, 1.54) is 24.8 Å². The molecule has 2 heteroatoms. The van der Waals surface area contributed by atoms with E-state index in [4.69, 9.17) is 0 Å². The molecule has 0 spiro atoms. The van der Waals surface area contributed by atoms with Gasteiger partial charge in [-0.2, -0.15) is 0 Å². The van der Waals surface area contributed by atoms with Crippen LogP contribution in [0.4, 0.5) is 5.69 Å². The maximum Gasteiger partial charge on any atom is 0.228 e. The summed E-state index contributed by atoms with van der Waals surface area (Å²) in [5.74, 6) is 3.80. The van der Waals surface area contributed by atoms with Gasteiger partial charge in [-0.15, -0.1) is 0 Å². The van der Waals surface area contributed by atoms with Crippen molar-refractivity contribution in [3.05, 3.63) is 29.8 Å². The van der Waals surface area contributed by atoms with Crippen molar-refractivity contribution in [2.45, 2.75) is 32.6 Å². The minimum absolute atomic E-state index is 0.274. The van der Waals surface area contributed by atoms with Gasteiger partial charge in [-0.1, -0.05) is 19.1 Å². The van der Waals surface area contributed by atoms with Gasteiger partial charge in [-0.3, -0.25) is 4.79 Å². The number of rotatable bonds is 3. The molecule has 3 fully saturated rings. The summed E-state index contributed by atoms with van der Waals surface area (Å²) in [4.78, 5) is 12.4. The highest BCUT2D eigenvalue weighted by Crippen LogP contribution is 2.69. The first-order valence-electron chi connectivity index (χ1n) is 7.67. The first kappa shape index (κ1) is 11.5. The van der Waals surface area contributed by atoms with Crippen molar-refractivity contribution in [1.29, 1.82) is 0 Å². The van der Waals surface area contributed by atoms with Gasteiger partial charge in [0.1, 0.15) is 0 Å². The quantitative estimate of drug-likeness (QED) is 0.880.